The molecule has 4 aromatic rings. The Morgan fingerprint density at radius 2 is 1.46 bits per heavy atom. The molecule has 3 heterocycles. The predicted molar refractivity (Wildman–Crippen MR) is 233 cm³/mol. The molecule has 3 nitrogen and oxygen atoms in total. The van der Waals surface area contributed by atoms with Gasteiger partial charge in [0.1, 0.15) is 0 Å². The van der Waals surface area contributed by atoms with Gasteiger partial charge in [-0.3, -0.25) is 0 Å². The SMILES string of the molecule is C1=CC2c3cc(C4=CC5C(C=C4)c4ccccc4N5C4=CC=C(c5ccccc5)CC4)ccc3N(C3=CC(C4=CCNC=C4)=CC(c4ccccc4)C3)C2CC1. The molecule has 5 atom stereocenters. The molecule has 0 amide bonds. The summed E-state index contributed by atoms with van der Waals surface area (Å²) in [4.78, 5) is 5.39. The highest BCUT2D eigenvalue weighted by molar-refractivity contribution is 5.83. The molecule has 3 aliphatic heterocycles. The predicted octanol–water partition coefficient (Wildman–Crippen LogP) is 12.0. The Kier molecular flexibility index (Phi) is 8.27. The second kappa shape index (κ2) is 13.9. The Labute approximate surface area is 331 Å². The summed E-state index contributed by atoms with van der Waals surface area (Å²) in [6, 6.07) is 39.1. The van der Waals surface area contributed by atoms with Crippen molar-refractivity contribution in [3.63, 3.8) is 0 Å². The van der Waals surface area contributed by atoms with Gasteiger partial charge in [-0.2, -0.15) is 0 Å². The zero-order valence-corrected chi connectivity index (χ0v) is 31.8. The summed E-state index contributed by atoms with van der Waals surface area (Å²) < 4.78 is 0. The van der Waals surface area contributed by atoms with E-state index in [0.29, 0.717) is 23.8 Å². The molecule has 0 saturated heterocycles. The molecular weight excluding hydrogens is 679 g/mol. The van der Waals surface area contributed by atoms with Crippen LogP contribution in [0.3, 0.4) is 0 Å². The van der Waals surface area contributed by atoms with Crippen molar-refractivity contribution in [1.82, 2.24) is 5.32 Å². The van der Waals surface area contributed by atoms with Crippen LogP contribution in [0.1, 0.15) is 77.7 Å². The lowest BCUT2D eigenvalue weighted by molar-refractivity contribution is 0.542. The number of anilines is 2. The fourth-order valence-electron chi connectivity index (χ4n) is 10.5. The van der Waals surface area contributed by atoms with Crippen LogP contribution in [-0.4, -0.2) is 18.6 Å². The number of benzene rings is 4. The molecule has 0 aromatic heterocycles. The van der Waals surface area contributed by atoms with E-state index in [9.17, 15) is 0 Å². The second-order valence-electron chi connectivity index (χ2n) is 16.3. The van der Waals surface area contributed by atoms with E-state index >= 15 is 0 Å². The molecule has 56 heavy (non-hydrogen) atoms. The van der Waals surface area contributed by atoms with Crippen molar-refractivity contribution in [3.8, 4) is 0 Å². The smallest absolute Gasteiger partial charge is 0.0632 e. The molecular formula is C53H47N3. The standard InChI is InChI=1S/C53H47N3/c1-3-11-36(12-4-1)38-19-23-44(24-20-38)55-50-17-9-7-15-46(50)48-25-21-41(35-53(48)55)40-22-26-52-49(34-40)47-16-8-10-18-51(47)56(52)45-32-42(37-13-5-2-6-14-37)31-43(33-45)39-27-29-54-30-28-39/h1-9,11-17,19,21-23,25-29,31,33-35,42,47-48,51,53-54H,10,18,20,24,30,32H2. The maximum Gasteiger partial charge on any atom is 0.0632 e. The van der Waals surface area contributed by atoms with Crippen molar-refractivity contribution in [2.75, 3.05) is 16.3 Å². The number of dihydropyridines is 1. The summed E-state index contributed by atoms with van der Waals surface area (Å²) in [6.07, 6.45) is 34.2. The lowest BCUT2D eigenvalue weighted by atomic mass is 9.83. The third-order valence-electron chi connectivity index (χ3n) is 13.2. The molecule has 0 radical (unpaired) electrons. The van der Waals surface area contributed by atoms with Crippen molar-refractivity contribution in [2.24, 2.45) is 0 Å². The van der Waals surface area contributed by atoms with Crippen molar-refractivity contribution in [3.05, 3.63) is 227 Å². The van der Waals surface area contributed by atoms with Gasteiger partial charge in [0.2, 0.25) is 0 Å². The fourth-order valence-corrected chi connectivity index (χ4v) is 10.5. The van der Waals surface area contributed by atoms with Gasteiger partial charge in [-0.25, -0.2) is 0 Å². The van der Waals surface area contributed by atoms with Crippen LogP contribution >= 0.6 is 0 Å². The highest BCUT2D eigenvalue weighted by atomic mass is 15.2. The van der Waals surface area contributed by atoms with E-state index in [2.05, 4.69) is 191 Å². The van der Waals surface area contributed by atoms with Crippen molar-refractivity contribution in [1.29, 1.82) is 0 Å². The molecule has 4 aliphatic carbocycles. The van der Waals surface area contributed by atoms with Crippen LogP contribution in [0.2, 0.25) is 0 Å². The molecule has 0 bridgehead atoms. The number of para-hydroxylation sites is 1. The second-order valence-corrected chi connectivity index (χ2v) is 16.3. The van der Waals surface area contributed by atoms with E-state index in [0.717, 1.165) is 32.2 Å². The molecule has 1 N–H and O–H groups in total. The maximum atomic E-state index is 3.35. The van der Waals surface area contributed by atoms with Crippen molar-refractivity contribution < 1.29 is 0 Å². The van der Waals surface area contributed by atoms with Crippen molar-refractivity contribution in [2.45, 2.75) is 61.9 Å². The molecule has 11 rings (SSSR count). The highest BCUT2D eigenvalue weighted by Gasteiger charge is 2.42. The summed E-state index contributed by atoms with van der Waals surface area (Å²) in [7, 11) is 0. The molecule has 4 aromatic carbocycles. The maximum absolute atomic E-state index is 3.35. The van der Waals surface area contributed by atoms with E-state index in [1.807, 2.05) is 0 Å². The number of allylic oxidation sites excluding steroid dienone is 13. The summed E-state index contributed by atoms with van der Waals surface area (Å²) in [5, 5.41) is 3.35. The Bertz CT molecular complexity index is 2490. The van der Waals surface area contributed by atoms with Crippen LogP contribution in [0.25, 0.3) is 11.1 Å². The zero-order valence-electron chi connectivity index (χ0n) is 31.8. The highest BCUT2D eigenvalue weighted by Crippen LogP contribution is 2.52. The average molecular weight is 726 g/mol. The third-order valence-corrected chi connectivity index (χ3v) is 13.2. The zero-order chi connectivity index (χ0) is 37.0. The fraction of sp³-hybridized carbons (Fsp3) is 0.208. The lowest BCUT2D eigenvalue weighted by Crippen LogP contribution is -2.35. The Balaban J connectivity index is 0.952. The van der Waals surface area contributed by atoms with Crippen LogP contribution < -0.4 is 15.1 Å². The first kappa shape index (κ1) is 33.3. The Hall–Kier alpha value is -6.06. The van der Waals surface area contributed by atoms with Gasteiger partial charge < -0.3 is 15.1 Å². The van der Waals surface area contributed by atoms with Gasteiger partial charge in [0.05, 0.1) is 6.04 Å². The van der Waals surface area contributed by atoms with Gasteiger partial charge in [0, 0.05) is 53.1 Å². The van der Waals surface area contributed by atoms with E-state index in [4.69, 9.17) is 0 Å². The molecule has 0 spiro atoms. The normalized spacial score (nSPS) is 25.8. The quantitative estimate of drug-likeness (QED) is 0.200. The largest absolute Gasteiger partial charge is 0.387 e. The number of rotatable bonds is 6. The van der Waals surface area contributed by atoms with Gasteiger partial charge in [-0.15, -0.1) is 0 Å². The molecule has 0 saturated carbocycles. The minimum absolute atomic E-state index is 0.253. The Morgan fingerprint density at radius 3 is 2.30 bits per heavy atom. The van der Waals surface area contributed by atoms with Crippen LogP contribution in [0, 0.1) is 0 Å². The van der Waals surface area contributed by atoms with Gasteiger partial charge >= 0.3 is 0 Å². The Morgan fingerprint density at radius 1 is 0.625 bits per heavy atom. The summed E-state index contributed by atoms with van der Waals surface area (Å²) >= 11 is 0. The first-order chi connectivity index (χ1) is 27.8. The topological polar surface area (TPSA) is 18.5 Å². The minimum atomic E-state index is 0.253. The van der Waals surface area contributed by atoms with E-state index in [1.165, 1.54) is 79.3 Å². The van der Waals surface area contributed by atoms with Crippen LogP contribution in [0.4, 0.5) is 11.4 Å². The minimum Gasteiger partial charge on any atom is -0.387 e. The number of hydrogen-bond donors (Lipinski definition) is 1. The average Bonchev–Trinajstić information content (AvgIpc) is 3.79. The summed E-state index contributed by atoms with van der Waals surface area (Å²) in [5.41, 5.74) is 17.9. The number of nitrogens with one attached hydrogen (secondary N) is 1. The monoisotopic (exact) mass is 725 g/mol. The third kappa shape index (κ3) is 5.72. The van der Waals surface area contributed by atoms with Gasteiger partial charge in [0.25, 0.3) is 0 Å². The van der Waals surface area contributed by atoms with Gasteiger partial charge in [-0.05, 0) is 125 Å². The summed E-state index contributed by atoms with van der Waals surface area (Å²) in [6.45, 7) is 0.868. The number of nitrogens with zero attached hydrogens (tertiary/aromatic N) is 2. The van der Waals surface area contributed by atoms with E-state index in [-0.39, 0.29) is 6.04 Å². The lowest BCUT2D eigenvalue weighted by Gasteiger charge is -2.36. The molecule has 7 aliphatic rings. The first-order valence-corrected chi connectivity index (χ1v) is 20.7. The molecule has 3 heteroatoms. The van der Waals surface area contributed by atoms with Gasteiger partial charge in [-0.1, -0.05) is 134 Å². The first-order valence-electron chi connectivity index (χ1n) is 20.7. The van der Waals surface area contributed by atoms with Crippen LogP contribution in [-0.2, 0) is 0 Å². The molecule has 274 valence electrons. The summed E-state index contributed by atoms with van der Waals surface area (Å²) in [5.74, 6) is 1.06. The number of hydrogen-bond acceptors (Lipinski definition) is 3. The van der Waals surface area contributed by atoms with Crippen molar-refractivity contribution >= 4 is 22.5 Å². The molecule has 0 fully saturated rings. The molecule has 5 unspecified atom stereocenters. The van der Waals surface area contributed by atoms with E-state index in [1.54, 1.807) is 0 Å². The van der Waals surface area contributed by atoms with Gasteiger partial charge in [0.15, 0.2) is 0 Å². The van der Waals surface area contributed by atoms with E-state index < -0.39 is 0 Å². The number of fused-ring (bicyclic) bond motifs is 6. The van der Waals surface area contributed by atoms with Crippen LogP contribution in [0.15, 0.2) is 199 Å². The van der Waals surface area contributed by atoms with Crippen LogP contribution in [0.5, 0.6) is 0 Å².